The lowest BCUT2D eigenvalue weighted by molar-refractivity contribution is 0.292. The molecule has 60 valence electrons. The van der Waals surface area contributed by atoms with Crippen LogP contribution in [0.25, 0.3) is 0 Å². The van der Waals surface area contributed by atoms with Gasteiger partial charge in [0.2, 0.25) is 0 Å². The van der Waals surface area contributed by atoms with E-state index in [4.69, 9.17) is 10.7 Å². The fraction of sp³-hybridized carbons (Fsp3) is 0.714. The van der Waals surface area contributed by atoms with Crippen molar-refractivity contribution in [3.05, 3.63) is 0 Å². The molecule has 0 aliphatic carbocycles. The number of thiol groups is 1. The van der Waals surface area contributed by atoms with Crippen molar-refractivity contribution in [3.63, 3.8) is 0 Å². The van der Waals surface area contributed by atoms with Crippen molar-refractivity contribution in [1.82, 2.24) is 4.90 Å². The van der Waals surface area contributed by atoms with Gasteiger partial charge >= 0.3 is 0 Å². The summed E-state index contributed by atoms with van der Waals surface area (Å²) in [5.41, 5.74) is 0. The summed E-state index contributed by atoms with van der Waals surface area (Å²) in [7, 11) is 0. The Kier molecular flexibility index (Phi) is 2.77. The normalized spacial score (nSPS) is 24.4. The van der Waals surface area contributed by atoms with Gasteiger partial charge in [0.25, 0.3) is 0 Å². The van der Waals surface area contributed by atoms with Crippen LogP contribution < -0.4 is 0 Å². The van der Waals surface area contributed by atoms with E-state index < -0.39 is 0 Å². The molecule has 0 aromatic heterocycles. The quantitative estimate of drug-likeness (QED) is 0.325. The zero-order chi connectivity index (χ0) is 8.27. The van der Waals surface area contributed by atoms with Crippen molar-refractivity contribution in [2.24, 2.45) is 0 Å². The Balaban J connectivity index is 2.60. The van der Waals surface area contributed by atoms with E-state index in [1.54, 1.807) is 4.90 Å². The highest BCUT2D eigenvalue weighted by molar-refractivity contribution is 7.96. The van der Waals surface area contributed by atoms with Crippen LogP contribution >= 0.6 is 12.6 Å². The summed E-state index contributed by atoms with van der Waals surface area (Å²) in [6, 6.07) is 2.05. The largest absolute Gasteiger partial charge is 0.336 e. The Morgan fingerprint density at radius 3 is 2.82 bits per heavy atom. The Hall–Kier alpha value is -0.690. The summed E-state index contributed by atoms with van der Waals surface area (Å²) in [6.07, 6.45) is 3.04. The first-order chi connectivity index (χ1) is 5.25. The van der Waals surface area contributed by atoms with Crippen LogP contribution in [-0.4, -0.2) is 22.7 Å². The summed E-state index contributed by atoms with van der Waals surface area (Å²) in [5.74, 6) is 0. The Morgan fingerprint density at radius 2 is 2.36 bits per heavy atom. The Bertz CT molecular complexity index is 196. The van der Waals surface area contributed by atoms with Gasteiger partial charge in [-0.25, -0.2) is 0 Å². The summed E-state index contributed by atoms with van der Waals surface area (Å²) >= 11 is 3.91. The summed E-state index contributed by atoms with van der Waals surface area (Å²) in [6.45, 7) is 0.806. The second-order valence-corrected chi connectivity index (χ2v) is 3.08. The van der Waals surface area contributed by atoms with Crippen LogP contribution in [0.15, 0.2) is 0 Å². The standard InChI is InChI=1S/C7H11N3S/c8-5-6-3-1-2-4-10(6)7(9)11/h6H,1-4H2,(H2,9,11). The SMILES string of the molecule is N#CC1CCCCN1C(=N)S. The fourth-order valence-electron chi connectivity index (χ4n) is 1.32. The van der Waals surface area contributed by atoms with Gasteiger partial charge < -0.3 is 4.90 Å². The second-order valence-electron chi connectivity index (χ2n) is 2.66. The van der Waals surface area contributed by atoms with Gasteiger partial charge in [0.1, 0.15) is 6.04 Å². The van der Waals surface area contributed by atoms with E-state index in [0.717, 1.165) is 25.8 Å². The molecule has 0 aromatic rings. The molecule has 0 spiro atoms. The lowest BCUT2D eigenvalue weighted by Crippen LogP contribution is -2.40. The van der Waals surface area contributed by atoms with Crippen LogP contribution in [0.4, 0.5) is 0 Å². The molecule has 4 heteroatoms. The topological polar surface area (TPSA) is 50.9 Å². The van der Waals surface area contributed by atoms with Crippen LogP contribution in [0.2, 0.25) is 0 Å². The van der Waals surface area contributed by atoms with Gasteiger partial charge in [0, 0.05) is 6.54 Å². The highest BCUT2D eigenvalue weighted by Crippen LogP contribution is 2.16. The predicted octanol–water partition coefficient (Wildman–Crippen LogP) is 1.23. The molecule has 3 nitrogen and oxygen atoms in total. The van der Waals surface area contributed by atoms with Crippen molar-refractivity contribution < 1.29 is 0 Å². The second kappa shape index (κ2) is 3.63. The smallest absolute Gasteiger partial charge is 0.154 e. The predicted molar refractivity (Wildman–Crippen MR) is 46.7 cm³/mol. The minimum Gasteiger partial charge on any atom is -0.336 e. The number of rotatable bonds is 0. The van der Waals surface area contributed by atoms with Gasteiger partial charge in [-0.3, -0.25) is 5.41 Å². The van der Waals surface area contributed by atoms with E-state index in [9.17, 15) is 0 Å². The number of piperidine rings is 1. The van der Waals surface area contributed by atoms with Gasteiger partial charge in [-0.05, 0) is 19.3 Å². The van der Waals surface area contributed by atoms with E-state index in [1.807, 2.05) is 0 Å². The number of likely N-dealkylation sites (tertiary alicyclic amines) is 1. The minimum absolute atomic E-state index is 0.117. The van der Waals surface area contributed by atoms with E-state index in [-0.39, 0.29) is 11.2 Å². The first-order valence-electron chi connectivity index (χ1n) is 3.69. The third kappa shape index (κ3) is 1.87. The maximum absolute atomic E-state index is 8.69. The van der Waals surface area contributed by atoms with Crippen LogP contribution in [0.1, 0.15) is 19.3 Å². The van der Waals surface area contributed by atoms with Crippen molar-refractivity contribution in [3.8, 4) is 6.07 Å². The third-order valence-corrected chi connectivity index (χ3v) is 2.18. The van der Waals surface area contributed by atoms with Crippen molar-refractivity contribution in [2.75, 3.05) is 6.54 Å². The van der Waals surface area contributed by atoms with Gasteiger partial charge in [0.15, 0.2) is 5.17 Å². The zero-order valence-corrected chi connectivity index (χ0v) is 7.14. The number of hydrogen-bond acceptors (Lipinski definition) is 2. The molecule has 0 amide bonds. The molecule has 1 aliphatic heterocycles. The molecule has 1 aliphatic rings. The van der Waals surface area contributed by atoms with Crippen LogP contribution in [-0.2, 0) is 0 Å². The molecular weight excluding hydrogens is 158 g/mol. The van der Waals surface area contributed by atoms with Crippen LogP contribution in [0.5, 0.6) is 0 Å². The molecular formula is C7H11N3S. The summed E-state index contributed by atoms with van der Waals surface area (Å²) < 4.78 is 0. The maximum atomic E-state index is 8.69. The molecule has 1 atom stereocenters. The lowest BCUT2D eigenvalue weighted by atomic mass is 10.0. The number of nitrogens with one attached hydrogen (secondary N) is 1. The zero-order valence-electron chi connectivity index (χ0n) is 6.25. The van der Waals surface area contributed by atoms with E-state index in [2.05, 4.69) is 18.7 Å². The lowest BCUT2D eigenvalue weighted by Gasteiger charge is -2.31. The average Bonchev–Trinajstić information content (AvgIpc) is 2.04. The minimum atomic E-state index is -0.117. The molecule has 0 saturated carbocycles. The Labute approximate surface area is 71.9 Å². The highest BCUT2D eigenvalue weighted by atomic mass is 32.1. The summed E-state index contributed by atoms with van der Waals surface area (Å²) in [4.78, 5) is 1.74. The number of nitriles is 1. The molecule has 1 rings (SSSR count). The molecule has 0 bridgehead atoms. The van der Waals surface area contributed by atoms with Crippen molar-refractivity contribution in [2.45, 2.75) is 25.3 Å². The highest BCUT2D eigenvalue weighted by Gasteiger charge is 2.22. The average molecular weight is 169 g/mol. The van der Waals surface area contributed by atoms with Crippen molar-refractivity contribution in [1.29, 1.82) is 10.7 Å². The molecule has 1 fully saturated rings. The Morgan fingerprint density at radius 1 is 1.64 bits per heavy atom. The number of nitrogens with zero attached hydrogens (tertiary/aromatic N) is 2. The molecule has 11 heavy (non-hydrogen) atoms. The third-order valence-electron chi connectivity index (χ3n) is 1.92. The van der Waals surface area contributed by atoms with Gasteiger partial charge in [-0.15, -0.1) is 12.6 Å². The number of hydrogen-bond donors (Lipinski definition) is 2. The maximum Gasteiger partial charge on any atom is 0.154 e. The first-order valence-corrected chi connectivity index (χ1v) is 4.14. The molecule has 0 aromatic carbocycles. The summed E-state index contributed by atoms with van der Waals surface area (Å²) in [5, 5.41) is 16.2. The van der Waals surface area contributed by atoms with Crippen molar-refractivity contribution >= 4 is 17.8 Å². The first kappa shape index (κ1) is 8.41. The molecule has 1 saturated heterocycles. The molecule has 0 radical (unpaired) electrons. The molecule has 1 N–H and O–H groups in total. The molecule has 1 heterocycles. The van der Waals surface area contributed by atoms with E-state index in [0.29, 0.717) is 0 Å². The number of amidine groups is 1. The van der Waals surface area contributed by atoms with Gasteiger partial charge in [-0.1, -0.05) is 0 Å². The fourth-order valence-corrected chi connectivity index (χ4v) is 1.56. The van der Waals surface area contributed by atoms with Crippen LogP contribution in [0.3, 0.4) is 0 Å². The van der Waals surface area contributed by atoms with E-state index >= 15 is 0 Å². The monoisotopic (exact) mass is 169 g/mol. The molecule has 1 unspecified atom stereocenters. The van der Waals surface area contributed by atoms with E-state index in [1.165, 1.54) is 0 Å². The van der Waals surface area contributed by atoms with Gasteiger partial charge in [-0.2, -0.15) is 5.26 Å². The van der Waals surface area contributed by atoms with Crippen LogP contribution in [0, 0.1) is 16.7 Å². The van der Waals surface area contributed by atoms with Gasteiger partial charge in [0.05, 0.1) is 6.07 Å².